The lowest BCUT2D eigenvalue weighted by Gasteiger charge is -2.26. The average molecular weight is 305 g/mol. The van der Waals surface area contributed by atoms with Crippen LogP contribution in [0.2, 0.25) is 0 Å². The highest BCUT2D eigenvalue weighted by Gasteiger charge is 2.23. The Hall–Kier alpha value is -1.85. The molecule has 2 aromatic rings. The van der Waals surface area contributed by atoms with Gasteiger partial charge in [0, 0.05) is 11.9 Å². The number of thiophene rings is 1. The van der Waals surface area contributed by atoms with Crippen LogP contribution in [-0.2, 0) is 0 Å². The number of likely N-dealkylation sites (N-methyl/N-ethyl adjacent to an activating group) is 1. The quantitative estimate of drug-likeness (QED) is 0.924. The zero-order valence-corrected chi connectivity index (χ0v) is 13.2. The molecule has 112 valence electrons. The van der Waals surface area contributed by atoms with Crippen LogP contribution in [0.25, 0.3) is 0 Å². The van der Waals surface area contributed by atoms with E-state index in [0.29, 0.717) is 4.88 Å². The SMILES string of the molecule is COc1ccc([C@H](CO)N(C)C(=O)c2ccc(C)s2)cc1. The number of rotatable bonds is 5. The summed E-state index contributed by atoms with van der Waals surface area (Å²) in [6.45, 7) is 1.84. The number of amides is 1. The van der Waals surface area contributed by atoms with Crippen LogP contribution in [0.5, 0.6) is 5.75 Å². The molecular formula is C16H19NO3S. The number of ether oxygens (including phenoxy) is 1. The van der Waals surface area contributed by atoms with E-state index in [-0.39, 0.29) is 18.6 Å². The molecule has 0 aliphatic carbocycles. The third kappa shape index (κ3) is 3.43. The molecule has 0 aliphatic heterocycles. The molecule has 1 aromatic heterocycles. The number of aliphatic hydroxyl groups is 1. The van der Waals surface area contributed by atoms with Crippen molar-refractivity contribution >= 4 is 17.2 Å². The van der Waals surface area contributed by atoms with E-state index in [2.05, 4.69) is 0 Å². The molecule has 1 N–H and O–H groups in total. The lowest BCUT2D eigenvalue weighted by molar-refractivity contribution is 0.0663. The summed E-state index contributed by atoms with van der Waals surface area (Å²) in [6, 6.07) is 10.8. The summed E-state index contributed by atoms with van der Waals surface area (Å²) >= 11 is 1.46. The summed E-state index contributed by atoms with van der Waals surface area (Å²) in [4.78, 5) is 15.8. The summed E-state index contributed by atoms with van der Waals surface area (Å²) in [5.74, 6) is 0.668. The summed E-state index contributed by atoms with van der Waals surface area (Å²) in [6.07, 6.45) is 0. The molecule has 0 bridgehead atoms. The fourth-order valence-corrected chi connectivity index (χ4v) is 2.99. The van der Waals surface area contributed by atoms with Gasteiger partial charge in [0.15, 0.2) is 0 Å². The van der Waals surface area contributed by atoms with Crippen LogP contribution in [0.15, 0.2) is 36.4 Å². The van der Waals surface area contributed by atoms with E-state index < -0.39 is 0 Å². The molecule has 21 heavy (non-hydrogen) atoms. The maximum absolute atomic E-state index is 12.5. The Balaban J connectivity index is 2.21. The fraction of sp³-hybridized carbons (Fsp3) is 0.312. The summed E-state index contributed by atoms with van der Waals surface area (Å²) in [5.41, 5.74) is 0.877. The molecule has 4 nitrogen and oxygen atoms in total. The van der Waals surface area contributed by atoms with E-state index in [0.717, 1.165) is 16.2 Å². The molecule has 0 saturated carbocycles. The number of aryl methyl sites for hydroxylation is 1. The number of benzene rings is 1. The minimum Gasteiger partial charge on any atom is -0.497 e. The van der Waals surface area contributed by atoms with Crippen molar-refractivity contribution < 1.29 is 14.6 Å². The first-order valence-electron chi connectivity index (χ1n) is 6.65. The van der Waals surface area contributed by atoms with Gasteiger partial charge in [0.05, 0.1) is 24.6 Å². The van der Waals surface area contributed by atoms with Gasteiger partial charge in [-0.15, -0.1) is 11.3 Å². The Morgan fingerprint density at radius 3 is 2.43 bits per heavy atom. The van der Waals surface area contributed by atoms with E-state index in [1.165, 1.54) is 11.3 Å². The molecule has 0 radical (unpaired) electrons. The van der Waals surface area contributed by atoms with Crippen LogP contribution in [0.4, 0.5) is 0 Å². The average Bonchev–Trinajstić information content (AvgIpc) is 2.94. The van der Waals surface area contributed by atoms with Crippen LogP contribution in [-0.4, -0.2) is 36.7 Å². The third-order valence-corrected chi connectivity index (χ3v) is 4.40. The predicted octanol–water partition coefficient (Wildman–Crippen LogP) is 2.87. The zero-order chi connectivity index (χ0) is 15.4. The second-order valence-electron chi connectivity index (χ2n) is 4.80. The third-order valence-electron chi connectivity index (χ3n) is 3.41. The lowest BCUT2D eigenvalue weighted by Crippen LogP contribution is -2.32. The summed E-state index contributed by atoms with van der Waals surface area (Å²) in [7, 11) is 3.32. The van der Waals surface area contributed by atoms with Gasteiger partial charge in [-0.05, 0) is 36.8 Å². The lowest BCUT2D eigenvalue weighted by atomic mass is 10.1. The molecular weight excluding hydrogens is 286 g/mol. The molecule has 1 atom stereocenters. The monoisotopic (exact) mass is 305 g/mol. The Morgan fingerprint density at radius 2 is 1.95 bits per heavy atom. The van der Waals surface area contributed by atoms with Crippen molar-refractivity contribution in [1.29, 1.82) is 0 Å². The van der Waals surface area contributed by atoms with Crippen LogP contribution >= 0.6 is 11.3 Å². The normalized spacial score (nSPS) is 12.0. The van der Waals surface area contributed by atoms with Crippen LogP contribution < -0.4 is 4.74 Å². The second-order valence-corrected chi connectivity index (χ2v) is 6.09. The molecule has 1 aromatic carbocycles. The highest BCUT2D eigenvalue weighted by molar-refractivity contribution is 7.13. The number of aliphatic hydroxyl groups excluding tert-OH is 1. The molecule has 0 unspecified atom stereocenters. The van der Waals surface area contributed by atoms with Crippen molar-refractivity contribution in [3.63, 3.8) is 0 Å². The maximum Gasteiger partial charge on any atom is 0.264 e. The van der Waals surface area contributed by atoms with Gasteiger partial charge in [0.2, 0.25) is 0 Å². The summed E-state index contributed by atoms with van der Waals surface area (Å²) < 4.78 is 5.12. The Labute approximate surface area is 128 Å². The van der Waals surface area contributed by atoms with Gasteiger partial charge in [-0.3, -0.25) is 4.79 Å². The van der Waals surface area contributed by atoms with Crippen molar-refractivity contribution in [2.45, 2.75) is 13.0 Å². The molecule has 2 rings (SSSR count). The van der Waals surface area contributed by atoms with Gasteiger partial charge in [-0.1, -0.05) is 12.1 Å². The number of methoxy groups -OCH3 is 1. The Bertz CT molecular complexity index is 606. The number of nitrogens with zero attached hydrogens (tertiary/aromatic N) is 1. The first kappa shape index (κ1) is 15.5. The van der Waals surface area contributed by atoms with Crippen molar-refractivity contribution in [3.05, 3.63) is 51.7 Å². The van der Waals surface area contributed by atoms with Crippen molar-refractivity contribution in [2.24, 2.45) is 0 Å². The van der Waals surface area contributed by atoms with Crippen LogP contribution in [0.3, 0.4) is 0 Å². The van der Waals surface area contributed by atoms with Gasteiger partial charge in [-0.25, -0.2) is 0 Å². The van der Waals surface area contributed by atoms with Crippen molar-refractivity contribution in [1.82, 2.24) is 4.90 Å². The van der Waals surface area contributed by atoms with Crippen molar-refractivity contribution in [3.8, 4) is 5.75 Å². The van der Waals surface area contributed by atoms with Gasteiger partial charge in [0.25, 0.3) is 5.91 Å². The first-order valence-corrected chi connectivity index (χ1v) is 7.47. The van der Waals surface area contributed by atoms with Crippen LogP contribution in [0.1, 0.15) is 26.2 Å². The number of hydrogen-bond donors (Lipinski definition) is 1. The molecule has 1 heterocycles. The molecule has 5 heteroatoms. The smallest absolute Gasteiger partial charge is 0.264 e. The highest BCUT2D eigenvalue weighted by atomic mass is 32.1. The van der Waals surface area contributed by atoms with Gasteiger partial charge in [0.1, 0.15) is 5.75 Å². The van der Waals surface area contributed by atoms with Crippen molar-refractivity contribution in [2.75, 3.05) is 20.8 Å². The van der Waals surface area contributed by atoms with Gasteiger partial charge >= 0.3 is 0 Å². The first-order chi connectivity index (χ1) is 10.1. The number of hydrogen-bond acceptors (Lipinski definition) is 4. The van der Waals surface area contributed by atoms with Gasteiger partial charge < -0.3 is 14.7 Å². The second kappa shape index (κ2) is 6.74. The number of carbonyl (C=O) groups is 1. The van der Waals surface area contributed by atoms with Crippen LogP contribution in [0, 0.1) is 6.92 Å². The summed E-state index contributed by atoms with van der Waals surface area (Å²) in [5, 5.41) is 9.66. The largest absolute Gasteiger partial charge is 0.497 e. The molecule has 1 amide bonds. The fourth-order valence-electron chi connectivity index (χ4n) is 2.14. The minimum atomic E-state index is -0.370. The van der Waals surface area contributed by atoms with E-state index in [1.807, 2.05) is 43.3 Å². The zero-order valence-electron chi connectivity index (χ0n) is 12.4. The van der Waals surface area contributed by atoms with E-state index in [4.69, 9.17) is 4.74 Å². The Kier molecular flexibility index (Phi) is 4.98. The topological polar surface area (TPSA) is 49.8 Å². The van der Waals surface area contributed by atoms with E-state index >= 15 is 0 Å². The Morgan fingerprint density at radius 1 is 1.29 bits per heavy atom. The van der Waals surface area contributed by atoms with E-state index in [9.17, 15) is 9.90 Å². The molecule has 0 aliphatic rings. The van der Waals surface area contributed by atoms with Gasteiger partial charge in [-0.2, -0.15) is 0 Å². The predicted molar refractivity (Wildman–Crippen MR) is 84.0 cm³/mol. The maximum atomic E-state index is 12.5. The van der Waals surface area contributed by atoms with E-state index in [1.54, 1.807) is 19.1 Å². The minimum absolute atomic E-state index is 0.0806. The number of carbonyl (C=O) groups excluding carboxylic acids is 1. The highest BCUT2D eigenvalue weighted by Crippen LogP contribution is 2.25. The molecule has 0 fully saturated rings. The standard InChI is InChI=1S/C16H19NO3S/c1-11-4-9-15(21-11)16(19)17(2)14(10-18)12-5-7-13(20-3)8-6-12/h4-9,14,18H,10H2,1-3H3/t14-/m0/s1. The molecule has 0 spiro atoms. The molecule has 0 saturated heterocycles.